The van der Waals surface area contributed by atoms with E-state index in [1.54, 1.807) is 12.1 Å². The first-order valence-electron chi connectivity index (χ1n) is 7.44. The van der Waals surface area contributed by atoms with Gasteiger partial charge in [-0.15, -0.1) is 0 Å². The number of nitrogens with one attached hydrogen (secondary N) is 1. The van der Waals surface area contributed by atoms with Gasteiger partial charge in [-0.3, -0.25) is 4.98 Å². The molecule has 1 aliphatic heterocycles. The van der Waals surface area contributed by atoms with E-state index in [1.165, 1.54) is 6.20 Å². The maximum atomic E-state index is 12.9. The summed E-state index contributed by atoms with van der Waals surface area (Å²) in [4.78, 5) is 3.42. The predicted molar refractivity (Wildman–Crippen MR) is 81.5 cm³/mol. The molecule has 6 heteroatoms. The summed E-state index contributed by atoms with van der Waals surface area (Å²) in [5.74, 6) is 0.978. The number of benzene rings is 1. The van der Waals surface area contributed by atoms with Crippen molar-refractivity contribution in [1.29, 1.82) is 0 Å². The first-order valence-corrected chi connectivity index (χ1v) is 7.44. The molecule has 0 bridgehead atoms. The molecule has 1 aromatic heterocycles. The number of para-hydroxylation sites is 1. The number of hydrogen-bond donors (Lipinski definition) is 1. The summed E-state index contributed by atoms with van der Waals surface area (Å²) in [6.07, 6.45) is -2.38. The highest BCUT2D eigenvalue weighted by atomic mass is 19.4. The van der Waals surface area contributed by atoms with Crippen LogP contribution >= 0.6 is 0 Å². The average Bonchev–Trinajstić information content (AvgIpc) is 2.54. The van der Waals surface area contributed by atoms with Crippen LogP contribution in [0.1, 0.15) is 23.6 Å². The molecule has 2 aromatic rings. The van der Waals surface area contributed by atoms with E-state index in [0.717, 1.165) is 24.6 Å². The SMILES string of the molecule is CNCC1CCOc2c(-c3ccnc(C(F)(F)F)c3)cccc21. The van der Waals surface area contributed by atoms with Gasteiger partial charge in [0.1, 0.15) is 11.4 Å². The Morgan fingerprint density at radius 3 is 2.87 bits per heavy atom. The smallest absolute Gasteiger partial charge is 0.433 e. The van der Waals surface area contributed by atoms with Gasteiger partial charge < -0.3 is 10.1 Å². The monoisotopic (exact) mass is 322 g/mol. The summed E-state index contributed by atoms with van der Waals surface area (Å²) in [5, 5.41) is 3.15. The van der Waals surface area contributed by atoms with E-state index < -0.39 is 11.9 Å². The largest absolute Gasteiger partial charge is 0.493 e. The zero-order valence-electron chi connectivity index (χ0n) is 12.7. The van der Waals surface area contributed by atoms with Crippen LogP contribution in [0.25, 0.3) is 11.1 Å². The molecule has 0 aliphatic carbocycles. The number of halogens is 3. The third-order valence-corrected chi connectivity index (χ3v) is 4.01. The Morgan fingerprint density at radius 2 is 2.13 bits per heavy atom. The molecule has 0 saturated heterocycles. The number of alkyl halides is 3. The molecule has 1 atom stereocenters. The molecular weight excluding hydrogens is 305 g/mol. The van der Waals surface area contributed by atoms with E-state index in [9.17, 15) is 13.2 Å². The van der Waals surface area contributed by atoms with Crippen LogP contribution in [0.15, 0.2) is 36.5 Å². The van der Waals surface area contributed by atoms with Crippen molar-refractivity contribution < 1.29 is 17.9 Å². The summed E-state index contributed by atoms with van der Waals surface area (Å²) in [6, 6.07) is 8.28. The second kappa shape index (κ2) is 6.20. The summed E-state index contributed by atoms with van der Waals surface area (Å²) in [7, 11) is 1.89. The molecule has 122 valence electrons. The Hall–Kier alpha value is -2.08. The van der Waals surface area contributed by atoms with Crippen molar-refractivity contribution in [3.05, 3.63) is 47.8 Å². The van der Waals surface area contributed by atoms with Crippen LogP contribution < -0.4 is 10.1 Å². The molecule has 0 amide bonds. The normalized spacial score (nSPS) is 17.5. The number of hydrogen-bond acceptors (Lipinski definition) is 3. The highest BCUT2D eigenvalue weighted by Gasteiger charge is 2.33. The van der Waals surface area contributed by atoms with Gasteiger partial charge in [0.15, 0.2) is 0 Å². The molecule has 1 aromatic carbocycles. The van der Waals surface area contributed by atoms with Crippen LogP contribution in [0.4, 0.5) is 13.2 Å². The molecule has 23 heavy (non-hydrogen) atoms. The lowest BCUT2D eigenvalue weighted by Crippen LogP contribution is -2.23. The van der Waals surface area contributed by atoms with Gasteiger partial charge in [-0.1, -0.05) is 18.2 Å². The fourth-order valence-electron chi connectivity index (χ4n) is 2.94. The molecular formula is C17H17F3N2O. The Balaban J connectivity index is 2.06. The second-order valence-corrected chi connectivity index (χ2v) is 5.54. The lowest BCUT2D eigenvalue weighted by atomic mass is 9.89. The molecule has 1 aliphatic rings. The molecule has 3 rings (SSSR count). The van der Waals surface area contributed by atoms with Crippen molar-refractivity contribution in [1.82, 2.24) is 10.3 Å². The van der Waals surface area contributed by atoms with Crippen molar-refractivity contribution in [3.8, 4) is 16.9 Å². The molecule has 0 spiro atoms. The van der Waals surface area contributed by atoms with E-state index in [-0.39, 0.29) is 0 Å². The van der Waals surface area contributed by atoms with Gasteiger partial charge in [-0.05, 0) is 36.7 Å². The van der Waals surface area contributed by atoms with Crippen LogP contribution in [0.2, 0.25) is 0 Å². The number of ether oxygens (including phenoxy) is 1. The minimum atomic E-state index is -4.46. The number of nitrogens with zero attached hydrogens (tertiary/aromatic N) is 1. The van der Waals surface area contributed by atoms with Crippen molar-refractivity contribution in [2.45, 2.75) is 18.5 Å². The predicted octanol–water partition coefficient (Wildman–Crippen LogP) is 3.85. The molecule has 3 nitrogen and oxygen atoms in total. The lowest BCUT2D eigenvalue weighted by molar-refractivity contribution is -0.141. The van der Waals surface area contributed by atoms with E-state index in [0.29, 0.717) is 29.4 Å². The summed E-state index contributed by atoms with van der Waals surface area (Å²) in [5.41, 5.74) is 1.29. The maximum absolute atomic E-state index is 12.9. The number of rotatable bonds is 3. The Morgan fingerprint density at radius 1 is 1.30 bits per heavy atom. The maximum Gasteiger partial charge on any atom is 0.433 e. The van der Waals surface area contributed by atoms with Crippen LogP contribution in [-0.4, -0.2) is 25.2 Å². The third kappa shape index (κ3) is 3.17. The van der Waals surface area contributed by atoms with Gasteiger partial charge in [-0.25, -0.2) is 0 Å². The zero-order chi connectivity index (χ0) is 16.4. The Bertz CT molecular complexity index is 700. The first-order chi connectivity index (χ1) is 11.0. The van der Waals surface area contributed by atoms with E-state index >= 15 is 0 Å². The van der Waals surface area contributed by atoms with Gasteiger partial charge in [0, 0.05) is 24.2 Å². The fourth-order valence-corrected chi connectivity index (χ4v) is 2.94. The van der Waals surface area contributed by atoms with E-state index in [1.807, 2.05) is 19.2 Å². The average molecular weight is 322 g/mol. The molecule has 1 unspecified atom stereocenters. The third-order valence-electron chi connectivity index (χ3n) is 4.01. The van der Waals surface area contributed by atoms with Crippen LogP contribution in [0.5, 0.6) is 5.75 Å². The summed E-state index contributed by atoms with van der Waals surface area (Å²) in [6.45, 7) is 1.37. The van der Waals surface area contributed by atoms with E-state index in [2.05, 4.69) is 10.3 Å². The highest BCUT2D eigenvalue weighted by molar-refractivity contribution is 5.73. The minimum absolute atomic E-state index is 0.299. The fraction of sp³-hybridized carbons (Fsp3) is 0.353. The van der Waals surface area contributed by atoms with Gasteiger partial charge in [0.2, 0.25) is 0 Å². The summed E-state index contributed by atoms with van der Waals surface area (Å²) < 4.78 is 44.4. The minimum Gasteiger partial charge on any atom is -0.493 e. The highest BCUT2D eigenvalue weighted by Crippen LogP contribution is 2.41. The topological polar surface area (TPSA) is 34.1 Å². The number of aromatic nitrogens is 1. The van der Waals surface area contributed by atoms with Crippen molar-refractivity contribution in [3.63, 3.8) is 0 Å². The molecule has 0 fully saturated rings. The Kier molecular flexibility index (Phi) is 4.26. The van der Waals surface area contributed by atoms with E-state index in [4.69, 9.17) is 4.74 Å². The summed E-state index contributed by atoms with van der Waals surface area (Å²) >= 11 is 0. The molecule has 2 heterocycles. The first kappa shape index (κ1) is 15.8. The number of fused-ring (bicyclic) bond motifs is 1. The van der Waals surface area contributed by atoms with Gasteiger partial charge in [-0.2, -0.15) is 13.2 Å². The molecule has 0 radical (unpaired) electrons. The standard InChI is InChI=1S/C17H17F3N2O/c1-21-10-12-6-8-23-16-13(3-2-4-14(12)16)11-5-7-22-15(9-11)17(18,19)20/h2-5,7,9,12,21H,6,8,10H2,1H3. The molecule has 1 N–H and O–H groups in total. The van der Waals surface area contributed by atoms with Crippen LogP contribution in [0, 0.1) is 0 Å². The van der Waals surface area contributed by atoms with Crippen molar-refractivity contribution in [2.24, 2.45) is 0 Å². The van der Waals surface area contributed by atoms with Crippen molar-refractivity contribution in [2.75, 3.05) is 20.2 Å². The lowest BCUT2D eigenvalue weighted by Gasteiger charge is -2.27. The van der Waals surface area contributed by atoms with Crippen LogP contribution in [0.3, 0.4) is 0 Å². The number of pyridine rings is 1. The van der Waals surface area contributed by atoms with Gasteiger partial charge in [0.05, 0.1) is 6.61 Å². The van der Waals surface area contributed by atoms with Crippen molar-refractivity contribution >= 4 is 0 Å². The van der Waals surface area contributed by atoms with Gasteiger partial charge in [0.25, 0.3) is 0 Å². The molecule has 0 saturated carbocycles. The number of likely N-dealkylation sites (N-methyl/N-ethyl adjacent to an activating group) is 1. The van der Waals surface area contributed by atoms with Crippen LogP contribution in [-0.2, 0) is 6.18 Å². The second-order valence-electron chi connectivity index (χ2n) is 5.54. The quantitative estimate of drug-likeness (QED) is 0.932. The zero-order valence-corrected chi connectivity index (χ0v) is 12.7. The Labute approximate surface area is 132 Å². The van der Waals surface area contributed by atoms with Gasteiger partial charge >= 0.3 is 6.18 Å².